The van der Waals surface area contributed by atoms with Crippen molar-refractivity contribution in [1.82, 2.24) is 19.2 Å². The minimum Gasteiger partial charge on any atom is -0.336 e. The molecule has 0 aliphatic carbocycles. The fourth-order valence-electron chi connectivity index (χ4n) is 3.57. The fraction of sp³-hybridized carbons (Fsp3) is 0.444. The van der Waals surface area contributed by atoms with Crippen molar-refractivity contribution in [2.75, 3.05) is 13.1 Å². The predicted octanol–water partition coefficient (Wildman–Crippen LogP) is 0.950. The van der Waals surface area contributed by atoms with Crippen LogP contribution in [0.4, 0.5) is 0 Å². The molecule has 2 aliphatic heterocycles. The van der Waals surface area contributed by atoms with E-state index in [0.29, 0.717) is 12.1 Å². The van der Waals surface area contributed by atoms with Gasteiger partial charge in [-0.2, -0.15) is 0 Å². The average Bonchev–Trinajstić information content (AvgIpc) is 2.92. The number of nitrogens with zero attached hydrogens (tertiary/aromatic N) is 3. The van der Waals surface area contributed by atoms with Crippen LogP contribution in [0.5, 0.6) is 0 Å². The second-order valence-corrected chi connectivity index (χ2v) is 9.04. The number of sulfonamides is 1. The molecule has 0 bridgehead atoms. The molecule has 3 heterocycles. The van der Waals surface area contributed by atoms with Crippen LogP contribution in [-0.4, -0.2) is 53.2 Å². The Bertz CT molecular complexity index is 917. The second kappa shape index (κ2) is 6.51. The monoisotopic (exact) mass is 374 g/mol. The summed E-state index contributed by atoms with van der Waals surface area (Å²) in [5, 5.41) is -0.541. The number of aromatic nitrogens is 2. The van der Waals surface area contributed by atoms with Gasteiger partial charge in [-0.1, -0.05) is 18.2 Å². The van der Waals surface area contributed by atoms with Gasteiger partial charge in [0.05, 0.1) is 5.69 Å². The number of aryl methyl sites for hydroxylation is 2. The second-order valence-electron chi connectivity index (χ2n) is 7.05. The molecule has 2 aromatic rings. The zero-order valence-electron chi connectivity index (χ0n) is 14.6. The Balaban J connectivity index is 1.35. The lowest BCUT2D eigenvalue weighted by molar-refractivity contribution is 0.0658. The molecule has 1 N–H and O–H groups in total. The Morgan fingerprint density at radius 1 is 1.19 bits per heavy atom. The van der Waals surface area contributed by atoms with E-state index in [4.69, 9.17) is 0 Å². The zero-order chi connectivity index (χ0) is 18.3. The van der Waals surface area contributed by atoms with E-state index in [-0.39, 0.29) is 25.0 Å². The molecular weight excluding hydrogens is 352 g/mol. The van der Waals surface area contributed by atoms with Gasteiger partial charge in [-0.3, -0.25) is 4.79 Å². The molecule has 7 nitrogen and oxygen atoms in total. The minimum atomic E-state index is -3.45. The van der Waals surface area contributed by atoms with Gasteiger partial charge in [-0.15, -0.1) is 0 Å². The van der Waals surface area contributed by atoms with Crippen LogP contribution in [0.2, 0.25) is 0 Å². The van der Waals surface area contributed by atoms with Crippen molar-refractivity contribution in [3.63, 3.8) is 0 Å². The molecule has 4 rings (SSSR count). The summed E-state index contributed by atoms with van der Waals surface area (Å²) >= 11 is 0. The van der Waals surface area contributed by atoms with Crippen LogP contribution in [0.15, 0.2) is 36.5 Å². The van der Waals surface area contributed by atoms with Gasteiger partial charge in [0.15, 0.2) is 0 Å². The number of imidazole rings is 1. The molecule has 0 unspecified atom stereocenters. The molecule has 1 amide bonds. The zero-order valence-corrected chi connectivity index (χ0v) is 15.4. The third-order valence-electron chi connectivity index (χ3n) is 5.04. The lowest BCUT2D eigenvalue weighted by atomic mass is 10.1. The number of carbonyl (C=O) groups is 1. The van der Waals surface area contributed by atoms with Gasteiger partial charge < -0.3 is 9.47 Å². The molecule has 138 valence electrons. The first-order valence-corrected chi connectivity index (χ1v) is 10.3. The normalized spacial score (nSPS) is 20.5. The van der Waals surface area contributed by atoms with E-state index in [0.717, 1.165) is 24.4 Å². The highest BCUT2D eigenvalue weighted by Gasteiger charge is 2.41. The number of carbonyl (C=O) groups excluding carboxylic acids is 1. The first-order valence-electron chi connectivity index (χ1n) is 8.80. The van der Waals surface area contributed by atoms with Crippen LogP contribution >= 0.6 is 0 Å². The van der Waals surface area contributed by atoms with Gasteiger partial charge in [0.1, 0.15) is 11.1 Å². The molecule has 0 saturated carbocycles. The van der Waals surface area contributed by atoms with Gasteiger partial charge in [-0.05, 0) is 25.5 Å². The summed E-state index contributed by atoms with van der Waals surface area (Å²) < 4.78 is 30.1. The summed E-state index contributed by atoms with van der Waals surface area (Å²) in [4.78, 5) is 18.4. The topological polar surface area (TPSA) is 84.3 Å². The fourth-order valence-corrected chi connectivity index (χ4v) is 5.18. The van der Waals surface area contributed by atoms with Crippen LogP contribution in [0.25, 0.3) is 0 Å². The summed E-state index contributed by atoms with van der Waals surface area (Å²) in [7, 11) is -3.45. The third-order valence-corrected chi connectivity index (χ3v) is 6.88. The van der Waals surface area contributed by atoms with Crippen molar-refractivity contribution in [3.05, 3.63) is 53.6 Å². The van der Waals surface area contributed by atoms with Crippen molar-refractivity contribution in [1.29, 1.82) is 0 Å². The van der Waals surface area contributed by atoms with Gasteiger partial charge >= 0.3 is 0 Å². The van der Waals surface area contributed by atoms with Gasteiger partial charge in [-0.25, -0.2) is 18.1 Å². The summed E-state index contributed by atoms with van der Waals surface area (Å²) in [6, 6.07) is 8.82. The lowest BCUT2D eigenvalue weighted by Crippen LogP contribution is -2.60. The van der Waals surface area contributed by atoms with Crippen LogP contribution in [0.3, 0.4) is 0 Å². The average molecular weight is 374 g/mol. The first kappa shape index (κ1) is 17.2. The predicted molar refractivity (Wildman–Crippen MR) is 97.3 cm³/mol. The number of amides is 1. The van der Waals surface area contributed by atoms with Gasteiger partial charge in [0.25, 0.3) is 5.91 Å². The van der Waals surface area contributed by atoms with Crippen molar-refractivity contribution in [3.8, 4) is 0 Å². The number of fused-ring (bicyclic) bond motifs is 1. The number of likely N-dealkylation sites (tertiary alicyclic amines) is 1. The van der Waals surface area contributed by atoms with E-state index in [1.165, 1.54) is 0 Å². The van der Waals surface area contributed by atoms with Crippen molar-refractivity contribution >= 4 is 15.9 Å². The smallest absolute Gasteiger partial charge is 0.253 e. The maximum atomic E-state index is 12.6. The maximum absolute atomic E-state index is 12.6. The molecule has 1 fully saturated rings. The van der Waals surface area contributed by atoms with Crippen LogP contribution in [0, 0.1) is 6.92 Å². The van der Waals surface area contributed by atoms with E-state index in [1.807, 2.05) is 23.8 Å². The van der Waals surface area contributed by atoms with Crippen molar-refractivity contribution < 1.29 is 13.2 Å². The standard InChI is InChI=1S/C18H22N4O3S/c1-13-9-21-10-15(7-8-17(21)19-13)20-26(24,25)16-11-22(12-16)18(23)14-5-3-2-4-6-14/h2-6,9,15-16,20H,7-8,10-12H2,1H3/t15-/m0/s1. The summed E-state index contributed by atoms with van der Waals surface area (Å²) in [5.74, 6) is 0.898. The Morgan fingerprint density at radius 3 is 2.65 bits per heavy atom. The van der Waals surface area contributed by atoms with Crippen LogP contribution < -0.4 is 4.72 Å². The number of hydrogen-bond donors (Lipinski definition) is 1. The number of nitrogens with one attached hydrogen (secondary N) is 1. The molecule has 1 atom stereocenters. The van der Waals surface area contributed by atoms with E-state index >= 15 is 0 Å². The SMILES string of the molecule is Cc1cn2c(n1)CC[C@H](NS(=O)(=O)C1CN(C(=O)c3ccccc3)C1)C2. The highest BCUT2D eigenvalue weighted by atomic mass is 32.2. The van der Waals surface area contributed by atoms with E-state index in [2.05, 4.69) is 9.71 Å². The van der Waals surface area contributed by atoms with Crippen molar-refractivity contribution in [2.24, 2.45) is 0 Å². The largest absolute Gasteiger partial charge is 0.336 e. The Morgan fingerprint density at radius 2 is 1.92 bits per heavy atom. The highest BCUT2D eigenvalue weighted by molar-refractivity contribution is 7.90. The van der Waals surface area contributed by atoms with Gasteiger partial charge in [0, 0.05) is 43.9 Å². The maximum Gasteiger partial charge on any atom is 0.253 e. The number of rotatable bonds is 4. The number of hydrogen-bond acceptors (Lipinski definition) is 4. The molecule has 1 saturated heterocycles. The molecule has 2 aliphatic rings. The summed E-state index contributed by atoms with van der Waals surface area (Å²) in [6.45, 7) is 3.03. The highest BCUT2D eigenvalue weighted by Crippen LogP contribution is 2.21. The Hall–Kier alpha value is -2.19. The minimum absolute atomic E-state index is 0.117. The van der Waals surface area contributed by atoms with Crippen LogP contribution in [-0.2, 0) is 23.0 Å². The van der Waals surface area contributed by atoms with Crippen molar-refractivity contribution in [2.45, 2.75) is 37.6 Å². The summed E-state index contributed by atoms with van der Waals surface area (Å²) in [5.41, 5.74) is 1.55. The quantitative estimate of drug-likeness (QED) is 0.864. The molecule has 1 aromatic heterocycles. The van der Waals surface area contributed by atoms with Crippen LogP contribution in [0.1, 0.15) is 28.3 Å². The first-order chi connectivity index (χ1) is 12.4. The third kappa shape index (κ3) is 3.26. The van der Waals surface area contributed by atoms with E-state index in [9.17, 15) is 13.2 Å². The van der Waals surface area contributed by atoms with E-state index in [1.54, 1.807) is 29.2 Å². The molecular formula is C18H22N4O3S. The Labute approximate surface area is 153 Å². The van der Waals surface area contributed by atoms with Gasteiger partial charge in [0.2, 0.25) is 10.0 Å². The summed E-state index contributed by atoms with van der Waals surface area (Å²) in [6.07, 6.45) is 3.47. The molecule has 26 heavy (non-hydrogen) atoms. The molecule has 0 radical (unpaired) electrons. The number of benzene rings is 1. The molecule has 8 heteroatoms. The molecule has 1 aromatic carbocycles. The molecule has 0 spiro atoms. The Kier molecular flexibility index (Phi) is 4.32. The van der Waals surface area contributed by atoms with E-state index < -0.39 is 15.3 Å². The lowest BCUT2D eigenvalue weighted by Gasteiger charge is -2.39.